The summed E-state index contributed by atoms with van der Waals surface area (Å²) in [5, 5.41) is 6.77. The average Bonchev–Trinajstić information content (AvgIpc) is 3.18. The minimum absolute atomic E-state index is 0.212. The van der Waals surface area contributed by atoms with E-state index in [0.29, 0.717) is 12.5 Å². The first-order valence-electron chi connectivity index (χ1n) is 10.7. The van der Waals surface area contributed by atoms with Crippen LogP contribution in [0.1, 0.15) is 51.0 Å². The molecular formula is C22H33FN4O. The van der Waals surface area contributed by atoms with E-state index in [1.54, 1.807) is 12.1 Å². The first-order chi connectivity index (χ1) is 13.7. The average molecular weight is 389 g/mol. The van der Waals surface area contributed by atoms with Gasteiger partial charge < -0.3 is 15.5 Å². The van der Waals surface area contributed by atoms with Crippen LogP contribution >= 0.6 is 0 Å². The highest BCUT2D eigenvalue weighted by Gasteiger charge is 2.31. The van der Waals surface area contributed by atoms with E-state index in [4.69, 9.17) is 0 Å². The quantitative estimate of drug-likeness (QED) is 0.582. The smallest absolute Gasteiger partial charge is 0.225 e. The number of benzene rings is 1. The van der Waals surface area contributed by atoms with Crippen molar-refractivity contribution in [3.63, 3.8) is 0 Å². The van der Waals surface area contributed by atoms with Crippen LogP contribution in [0.4, 0.5) is 4.39 Å². The van der Waals surface area contributed by atoms with Crippen molar-refractivity contribution in [1.82, 2.24) is 15.5 Å². The zero-order valence-electron chi connectivity index (χ0n) is 16.9. The van der Waals surface area contributed by atoms with E-state index in [2.05, 4.69) is 15.6 Å². The number of hydrogen-bond acceptors (Lipinski definition) is 2. The molecule has 1 aliphatic carbocycles. The van der Waals surface area contributed by atoms with E-state index < -0.39 is 0 Å². The number of rotatable bonds is 6. The summed E-state index contributed by atoms with van der Waals surface area (Å²) < 4.78 is 13.0. The maximum absolute atomic E-state index is 13.0. The van der Waals surface area contributed by atoms with E-state index in [-0.39, 0.29) is 17.8 Å². The number of aliphatic imine (C=N–C) groups is 1. The molecule has 1 saturated carbocycles. The summed E-state index contributed by atoms with van der Waals surface area (Å²) in [6.07, 6.45) is 7.50. The van der Waals surface area contributed by atoms with Crippen LogP contribution in [0.2, 0.25) is 0 Å². The van der Waals surface area contributed by atoms with Gasteiger partial charge in [0.15, 0.2) is 5.96 Å². The molecule has 2 fully saturated rings. The molecule has 6 heteroatoms. The largest absolute Gasteiger partial charge is 0.357 e. The zero-order chi connectivity index (χ0) is 19.8. The number of hydrogen-bond donors (Lipinski definition) is 2. The number of likely N-dealkylation sites (tertiary alicyclic amines) is 1. The highest BCUT2D eigenvalue weighted by Crippen LogP contribution is 2.26. The molecule has 154 valence electrons. The second kappa shape index (κ2) is 10.4. The molecule has 2 aliphatic rings. The van der Waals surface area contributed by atoms with Crippen LogP contribution in [0.3, 0.4) is 0 Å². The third-order valence-corrected chi connectivity index (χ3v) is 5.72. The summed E-state index contributed by atoms with van der Waals surface area (Å²) in [4.78, 5) is 19.4. The number of carbonyl (C=O) groups is 1. The molecule has 1 aromatic rings. The number of guanidine groups is 1. The SMILES string of the molecule is CCNC(=NCCc1ccc(F)cc1)NC1CCN(C(=O)C2CCCCC2)C1. The van der Waals surface area contributed by atoms with Crippen LogP contribution in [0.25, 0.3) is 0 Å². The second-order valence-corrected chi connectivity index (χ2v) is 7.89. The van der Waals surface area contributed by atoms with Crippen molar-refractivity contribution in [3.05, 3.63) is 35.6 Å². The lowest BCUT2D eigenvalue weighted by molar-refractivity contribution is -0.135. The van der Waals surface area contributed by atoms with Gasteiger partial charge in [-0.1, -0.05) is 31.4 Å². The Kier molecular flexibility index (Phi) is 7.69. The Labute approximate surface area is 167 Å². The van der Waals surface area contributed by atoms with Crippen molar-refractivity contribution in [2.24, 2.45) is 10.9 Å². The summed E-state index contributed by atoms with van der Waals surface area (Å²) >= 11 is 0. The van der Waals surface area contributed by atoms with Crippen molar-refractivity contribution >= 4 is 11.9 Å². The molecule has 1 saturated heterocycles. The fraction of sp³-hybridized carbons (Fsp3) is 0.636. The first kappa shape index (κ1) is 20.6. The van der Waals surface area contributed by atoms with Crippen molar-refractivity contribution in [2.45, 2.75) is 57.9 Å². The second-order valence-electron chi connectivity index (χ2n) is 7.89. The molecular weight excluding hydrogens is 355 g/mol. The van der Waals surface area contributed by atoms with Crippen LogP contribution in [0, 0.1) is 11.7 Å². The Bertz CT molecular complexity index is 655. The molecule has 1 amide bonds. The summed E-state index contributed by atoms with van der Waals surface area (Å²) in [5.74, 6) is 1.17. The van der Waals surface area contributed by atoms with Crippen molar-refractivity contribution in [1.29, 1.82) is 0 Å². The minimum Gasteiger partial charge on any atom is -0.357 e. The van der Waals surface area contributed by atoms with Gasteiger partial charge in [-0.05, 0) is 50.3 Å². The fourth-order valence-electron chi connectivity index (χ4n) is 4.15. The van der Waals surface area contributed by atoms with Crippen LogP contribution in [-0.2, 0) is 11.2 Å². The molecule has 0 bridgehead atoms. The molecule has 0 aromatic heterocycles. The van der Waals surface area contributed by atoms with Crippen molar-refractivity contribution in [3.8, 4) is 0 Å². The maximum Gasteiger partial charge on any atom is 0.225 e. The van der Waals surface area contributed by atoms with E-state index in [1.165, 1.54) is 31.4 Å². The number of halogens is 1. The normalized spacial score (nSPS) is 21.0. The van der Waals surface area contributed by atoms with E-state index in [9.17, 15) is 9.18 Å². The van der Waals surface area contributed by atoms with Crippen molar-refractivity contribution < 1.29 is 9.18 Å². The van der Waals surface area contributed by atoms with Crippen LogP contribution < -0.4 is 10.6 Å². The Morgan fingerprint density at radius 3 is 2.64 bits per heavy atom. The van der Waals surface area contributed by atoms with Gasteiger partial charge in [0.05, 0.1) is 0 Å². The maximum atomic E-state index is 13.0. The number of nitrogens with zero attached hydrogens (tertiary/aromatic N) is 2. The highest BCUT2D eigenvalue weighted by molar-refractivity contribution is 5.81. The number of amides is 1. The number of carbonyl (C=O) groups excluding carboxylic acids is 1. The molecule has 1 aromatic carbocycles. The van der Waals surface area contributed by atoms with Gasteiger partial charge >= 0.3 is 0 Å². The van der Waals surface area contributed by atoms with Gasteiger partial charge in [-0.2, -0.15) is 0 Å². The molecule has 1 heterocycles. The van der Waals surface area contributed by atoms with Crippen molar-refractivity contribution in [2.75, 3.05) is 26.2 Å². The summed E-state index contributed by atoms with van der Waals surface area (Å²) in [7, 11) is 0. The van der Waals surface area contributed by atoms with Gasteiger partial charge in [0, 0.05) is 38.1 Å². The molecule has 1 aliphatic heterocycles. The third kappa shape index (κ3) is 5.94. The van der Waals surface area contributed by atoms with E-state index >= 15 is 0 Å². The minimum atomic E-state index is -0.212. The molecule has 0 spiro atoms. The predicted octanol–water partition coefficient (Wildman–Crippen LogP) is 3.10. The Morgan fingerprint density at radius 2 is 1.93 bits per heavy atom. The third-order valence-electron chi connectivity index (χ3n) is 5.72. The standard InChI is InChI=1S/C22H33FN4O/c1-2-24-22(25-14-12-17-8-10-19(23)11-9-17)26-20-13-15-27(16-20)21(28)18-6-4-3-5-7-18/h8-11,18,20H,2-7,12-16H2,1H3,(H2,24,25,26). The predicted molar refractivity (Wildman–Crippen MR) is 111 cm³/mol. The lowest BCUT2D eigenvalue weighted by Gasteiger charge is -2.26. The topological polar surface area (TPSA) is 56.7 Å². The summed E-state index contributed by atoms with van der Waals surface area (Å²) in [6.45, 7) is 5.07. The Balaban J connectivity index is 1.48. The van der Waals surface area contributed by atoms with Gasteiger partial charge in [-0.15, -0.1) is 0 Å². The Hall–Kier alpha value is -2.11. The Morgan fingerprint density at radius 1 is 1.18 bits per heavy atom. The summed E-state index contributed by atoms with van der Waals surface area (Å²) in [5.41, 5.74) is 1.08. The van der Waals surface area contributed by atoms with Gasteiger partial charge in [-0.25, -0.2) is 4.39 Å². The van der Waals surface area contributed by atoms with Gasteiger partial charge in [0.1, 0.15) is 5.82 Å². The lowest BCUT2D eigenvalue weighted by atomic mass is 9.88. The molecule has 1 atom stereocenters. The zero-order valence-corrected chi connectivity index (χ0v) is 16.9. The molecule has 2 N–H and O–H groups in total. The van der Waals surface area contributed by atoms with Gasteiger partial charge in [-0.3, -0.25) is 9.79 Å². The van der Waals surface area contributed by atoms with Gasteiger partial charge in [0.25, 0.3) is 0 Å². The molecule has 5 nitrogen and oxygen atoms in total. The lowest BCUT2D eigenvalue weighted by Crippen LogP contribution is -2.45. The summed E-state index contributed by atoms with van der Waals surface area (Å²) in [6, 6.07) is 6.82. The van der Waals surface area contributed by atoms with Crippen LogP contribution in [0.5, 0.6) is 0 Å². The van der Waals surface area contributed by atoms with E-state index in [1.807, 2.05) is 11.8 Å². The first-order valence-corrected chi connectivity index (χ1v) is 10.7. The van der Waals surface area contributed by atoms with Crippen LogP contribution in [0.15, 0.2) is 29.3 Å². The van der Waals surface area contributed by atoms with Gasteiger partial charge in [0.2, 0.25) is 5.91 Å². The molecule has 1 unspecified atom stereocenters. The number of nitrogens with one attached hydrogen (secondary N) is 2. The fourth-order valence-corrected chi connectivity index (χ4v) is 4.15. The molecule has 0 radical (unpaired) electrons. The molecule has 3 rings (SSSR count). The molecule has 28 heavy (non-hydrogen) atoms. The highest BCUT2D eigenvalue weighted by atomic mass is 19.1. The van der Waals surface area contributed by atoms with Crippen LogP contribution in [-0.4, -0.2) is 49.0 Å². The van der Waals surface area contributed by atoms with E-state index in [0.717, 1.165) is 56.8 Å². The monoisotopic (exact) mass is 388 g/mol.